The molecule has 0 unspecified atom stereocenters. The van der Waals surface area contributed by atoms with Gasteiger partial charge in [0.15, 0.2) is 5.82 Å². The van der Waals surface area contributed by atoms with E-state index < -0.39 is 0 Å². The Kier molecular flexibility index (Phi) is 4.35. The molecule has 21 heavy (non-hydrogen) atoms. The van der Waals surface area contributed by atoms with Gasteiger partial charge in [0.05, 0.1) is 18.4 Å². The highest BCUT2D eigenvalue weighted by Crippen LogP contribution is 2.37. The van der Waals surface area contributed by atoms with Gasteiger partial charge in [0.1, 0.15) is 11.6 Å². The zero-order valence-corrected chi connectivity index (χ0v) is 14.3. The number of methoxy groups -OCH3 is 1. The molecule has 1 aliphatic rings. The van der Waals surface area contributed by atoms with Gasteiger partial charge in [0.25, 0.3) is 0 Å². The Hall–Kier alpha value is -1.27. The smallest absolute Gasteiger partial charge is 0.165 e. The fraction of sp³-hybridized carbons (Fsp3) is 0.333. The first-order valence-corrected chi connectivity index (χ1v) is 8.73. The first-order valence-electron chi connectivity index (χ1n) is 6.78. The molecule has 1 aromatic heterocycles. The standard InChI is InChI=1S/C15H16BrN3OS/c1-3-17-14-11-7-21-8-12(11)18-15(19-14)10-6-9(16)4-5-13(10)20-2/h4-6H,3,7-8H2,1-2H3,(H,17,18,19). The molecule has 0 atom stereocenters. The number of nitrogens with one attached hydrogen (secondary N) is 1. The molecule has 1 aliphatic heterocycles. The average Bonchev–Trinajstić information content (AvgIpc) is 2.96. The van der Waals surface area contributed by atoms with Crippen LogP contribution in [0.25, 0.3) is 11.4 Å². The zero-order valence-electron chi connectivity index (χ0n) is 11.9. The van der Waals surface area contributed by atoms with Gasteiger partial charge in [-0.15, -0.1) is 0 Å². The molecule has 4 nitrogen and oxygen atoms in total. The molecule has 0 saturated carbocycles. The number of nitrogens with zero attached hydrogens (tertiary/aromatic N) is 2. The monoisotopic (exact) mass is 365 g/mol. The number of ether oxygens (including phenoxy) is 1. The molecule has 110 valence electrons. The predicted molar refractivity (Wildman–Crippen MR) is 90.9 cm³/mol. The van der Waals surface area contributed by atoms with Crippen LogP contribution >= 0.6 is 27.7 Å². The fourth-order valence-electron chi connectivity index (χ4n) is 2.34. The van der Waals surface area contributed by atoms with Crippen LogP contribution in [0.5, 0.6) is 5.75 Å². The van der Waals surface area contributed by atoms with Gasteiger partial charge in [-0.05, 0) is 25.1 Å². The molecule has 1 aromatic carbocycles. The van der Waals surface area contributed by atoms with E-state index in [4.69, 9.17) is 14.7 Å². The van der Waals surface area contributed by atoms with E-state index >= 15 is 0 Å². The lowest BCUT2D eigenvalue weighted by molar-refractivity contribution is 0.416. The molecule has 0 saturated heterocycles. The summed E-state index contributed by atoms with van der Waals surface area (Å²) in [5.74, 6) is 4.37. The highest BCUT2D eigenvalue weighted by Gasteiger charge is 2.21. The van der Waals surface area contributed by atoms with Gasteiger partial charge in [-0.25, -0.2) is 9.97 Å². The van der Waals surface area contributed by atoms with Crippen molar-refractivity contribution in [2.75, 3.05) is 19.0 Å². The van der Waals surface area contributed by atoms with Gasteiger partial charge in [-0.3, -0.25) is 0 Å². The number of benzene rings is 1. The Morgan fingerprint density at radius 1 is 1.33 bits per heavy atom. The van der Waals surface area contributed by atoms with Crippen LogP contribution in [0.3, 0.4) is 0 Å². The van der Waals surface area contributed by atoms with Crippen molar-refractivity contribution in [2.24, 2.45) is 0 Å². The summed E-state index contributed by atoms with van der Waals surface area (Å²) in [7, 11) is 1.67. The van der Waals surface area contributed by atoms with Crippen LogP contribution in [0.1, 0.15) is 18.2 Å². The van der Waals surface area contributed by atoms with Crippen molar-refractivity contribution in [2.45, 2.75) is 18.4 Å². The molecule has 0 spiro atoms. The molecule has 6 heteroatoms. The number of aromatic nitrogens is 2. The minimum absolute atomic E-state index is 0.713. The molecular formula is C15H16BrN3OS. The van der Waals surface area contributed by atoms with Crippen molar-refractivity contribution in [3.63, 3.8) is 0 Å². The highest BCUT2D eigenvalue weighted by atomic mass is 79.9. The number of anilines is 1. The normalized spacial score (nSPS) is 13.1. The second kappa shape index (κ2) is 6.23. The van der Waals surface area contributed by atoms with E-state index in [-0.39, 0.29) is 0 Å². The number of thioether (sulfide) groups is 1. The van der Waals surface area contributed by atoms with Gasteiger partial charge in [0.2, 0.25) is 0 Å². The summed E-state index contributed by atoms with van der Waals surface area (Å²) in [5.41, 5.74) is 3.27. The average molecular weight is 366 g/mol. The van der Waals surface area contributed by atoms with E-state index in [1.807, 2.05) is 30.0 Å². The summed E-state index contributed by atoms with van der Waals surface area (Å²) < 4.78 is 6.44. The molecule has 3 rings (SSSR count). The maximum Gasteiger partial charge on any atom is 0.165 e. The third kappa shape index (κ3) is 2.87. The lowest BCUT2D eigenvalue weighted by atomic mass is 10.1. The Morgan fingerprint density at radius 2 is 2.19 bits per heavy atom. The van der Waals surface area contributed by atoms with E-state index in [9.17, 15) is 0 Å². The van der Waals surface area contributed by atoms with Gasteiger partial charge >= 0.3 is 0 Å². The van der Waals surface area contributed by atoms with Crippen molar-refractivity contribution in [1.82, 2.24) is 9.97 Å². The Balaban J connectivity index is 2.15. The third-order valence-corrected chi connectivity index (χ3v) is 4.79. The Bertz CT molecular complexity index is 678. The first kappa shape index (κ1) is 14.7. The molecule has 0 amide bonds. The van der Waals surface area contributed by atoms with E-state index in [0.717, 1.165) is 45.3 Å². The summed E-state index contributed by atoms with van der Waals surface area (Å²) in [5, 5.41) is 3.35. The van der Waals surface area contributed by atoms with E-state index in [1.54, 1.807) is 7.11 Å². The second-order valence-corrected chi connectivity index (χ2v) is 6.59. The summed E-state index contributed by atoms with van der Waals surface area (Å²) in [6, 6.07) is 5.88. The topological polar surface area (TPSA) is 47.0 Å². The highest BCUT2D eigenvalue weighted by molar-refractivity contribution is 9.10. The number of hydrogen-bond acceptors (Lipinski definition) is 5. The minimum Gasteiger partial charge on any atom is -0.496 e. The maximum absolute atomic E-state index is 5.45. The van der Waals surface area contributed by atoms with Gasteiger partial charge in [-0.2, -0.15) is 11.8 Å². The van der Waals surface area contributed by atoms with Crippen LogP contribution in [-0.2, 0) is 11.5 Å². The lowest BCUT2D eigenvalue weighted by Gasteiger charge is -2.13. The van der Waals surface area contributed by atoms with Crippen LogP contribution in [0.15, 0.2) is 22.7 Å². The SMILES string of the molecule is CCNc1nc(-c2cc(Br)ccc2OC)nc2c1CSC2. The van der Waals surface area contributed by atoms with E-state index in [0.29, 0.717) is 5.82 Å². The Morgan fingerprint density at radius 3 is 2.95 bits per heavy atom. The van der Waals surface area contributed by atoms with Crippen LogP contribution in [-0.4, -0.2) is 23.6 Å². The van der Waals surface area contributed by atoms with Crippen molar-refractivity contribution < 1.29 is 4.74 Å². The summed E-state index contributed by atoms with van der Waals surface area (Å²) in [4.78, 5) is 9.46. The van der Waals surface area contributed by atoms with Crippen molar-refractivity contribution >= 4 is 33.5 Å². The summed E-state index contributed by atoms with van der Waals surface area (Å²) in [6.45, 7) is 2.93. The quantitative estimate of drug-likeness (QED) is 0.883. The number of fused-ring (bicyclic) bond motifs is 1. The van der Waals surface area contributed by atoms with Crippen molar-refractivity contribution in [3.05, 3.63) is 33.9 Å². The third-order valence-electron chi connectivity index (χ3n) is 3.32. The van der Waals surface area contributed by atoms with Gasteiger partial charge in [-0.1, -0.05) is 15.9 Å². The maximum atomic E-state index is 5.45. The van der Waals surface area contributed by atoms with Crippen molar-refractivity contribution in [3.8, 4) is 17.1 Å². The number of rotatable bonds is 4. The van der Waals surface area contributed by atoms with Gasteiger partial charge in [0, 0.05) is 28.1 Å². The molecular weight excluding hydrogens is 350 g/mol. The first-order chi connectivity index (χ1) is 10.2. The van der Waals surface area contributed by atoms with E-state index in [2.05, 4.69) is 28.2 Å². The van der Waals surface area contributed by atoms with Crippen LogP contribution in [0, 0.1) is 0 Å². The number of halogens is 1. The Labute approximate surface area is 136 Å². The van der Waals surface area contributed by atoms with Crippen molar-refractivity contribution in [1.29, 1.82) is 0 Å². The fourth-order valence-corrected chi connectivity index (χ4v) is 3.74. The van der Waals surface area contributed by atoms with Gasteiger partial charge < -0.3 is 10.1 Å². The molecule has 0 fully saturated rings. The molecule has 1 N–H and O–H groups in total. The van der Waals surface area contributed by atoms with E-state index in [1.165, 1.54) is 5.56 Å². The largest absolute Gasteiger partial charge is 0.496 e. The van der Waals surface area contributed by atoms with Crippen LogP contribution in [0.4, 0.5) is 5.82 Å². The summed E-state index contributed by atoms with van der Waals surface area (Å²) >= 11 is 5.38. The molecule has 0 aliphatic carbocycles. The second-order valence-electron chi connectivity index (χ2n) is 4.69. The minimum atomic E-state index is 0.713. The molecule has 0 bridgehead atoms. The van der Waals surface area contributed by atoms with Crippen LogP contribution < -0.4 is 10.1 Å². The summed E-state index contributed by atoms with van der Waals surface area (Å²) in [6.07, 6.45) is 0. The molecule has 2 aromatic rings. The molecule has 2 heterocycles. The predicted octanol–water partition coefficient (Wildman–Crippen LogP) is 4.09. The lowest BCUT2D eigenvalue weighted by Crippen LogP contribution is -2.07. The molecule has 0 radical (unpaired) electrons. The van der Waals surface area contributed by atoms with Crippen LogP contribution in [0.2, 0.25) is 0 Å². The number of hydrogen-bond donors (Lipinski definition) is 1. The zero-order chi connectivity index (χ0) is 14.8.